The fraction of sp³-hybridized carbons (Fsp3) is 0.786. The van der Waals surface area contributed by atoms with Crippen molar-refractivity contribution in [3.05, 3.63) is 15.6 Å². The van der Waals surface area contributed by atoms with Crippen molar-refractivity contribution in [3.63, 3.8) is 0 Å². The molecule has 18 heavy (non-hydrogen) atoms. The van der Waals surface area contributed by atoms with Crippen LogP contribution < -0.4 is 11.1 Å². The van der Waals surface area contributed by atoms with E-state index in [9.17, 15) is 0 Å². The largest absolute Gasteiger partial charge is 0.328 e. The Kier molecular flexibility index (Phi) is 4.76. The van der Waals surface area contributed by atoms with Crippen molar-refractivity contribution in [2.24, 2.45) is 11.7 Å². The van der Waals surface area contributed by atoms with Gasteiger partial charge in [0.15, 0.2) is 0 Å². The van der Waals surface area contributed by atoms with Crippen molar-refractivity contribution in [1.29, 1.82) is 0 Å². The molecule has 4 heteroatoms. The van der Waals surface area contributed by atoms with Gasteiger partial charge < -0.3 is 11.1 Å². The summed E-state index contributed by atoms with van der Waals surface area (Å²) in [5.41, 5.74) is 7.12. The van der Waals surface area contributed by atoms with E-state index in [-0.39, 0.29) is 0 Å². The third-order valence-electron chi connectivity index (χ3n) is 3.94. The van der Waals surface area contributed by atoms with Crippen LogP contribution in [0.25, 0.3) is 0 Å². The second-order valence-electron chi connectivity index (χ2n) is 5.59. The number of aromatic nitrogens is 1. The number of rotatable bonds is 4. The van der Waals surface area contributed by atoms with Crippen LogP contribution in [0.2, 0.25) is 0 Å². The van der Waals surface area contributed by atoms with E-state index in [1.807, 2.05) is 11.3 Å². The number of nitrogens with two attached hydrogens (primary N) is 1. The molecule has 3 N–H and O–H groups in total. The van der Waals surface area contributed by atoms with E-state index in [4.69, 9.17) is 5.73 Å². The Morgan fingerprint density at radius 3 is 2.56 bits per heavy atom. The summed E-state index contributed by atoms with van der Waals surface area (Å²) in [6.07, 6.45) is 4.95. The zero-order chi connectivity index (χ0) is 13.1. The Labute approximate surface area is 114 Å². The molecule has 1 aromatic rings. The first-order chi connectivity index (χ1) is 8.56. The lowest BCUT2D eigenvalue weighted by atomic mass is 9.86. The minimum Gasteiger partial charge on any atom is -0.328 e. The van der Waals surface area contributed by atoms with Gasteiger partial charge in [-0.3, -0.25) is 0 Å². The molecule has 0 aliphatic heterocycles. The van der Waals surface area contributed by atoms with E-state index in [0.717, 1.165) is 12.5 Å². The van der Waals surface area contributed by atoms with Crippen molar-refractivity contribution >= 4 is 11.3 Å². The van der Waals surface area contributed by atoms with E-state index in [0.29, 0.717) is 12.1 Å². The fourth-order valence-corrected chi connectivity index (χ4v) is 3.73. The van der Waals surface area contributed by atoms with Gasteiger partial charge >= 0.3 is 0 Å². The van der Waals surface area contributed by atoms with Crippen molar-refractivity contribution in [1.82, 2.24) is 10.3 Å². The van der Waals surface area contributed by atoms with Gasteiger partial charge in [-0.05, 0) is 58.9 Å². The number of hydrogen-bond acceptors (Lipinski definition) is 4. The molecule has 0 bridgehead atoms. The van der Waals surface area contributed by atoms with Gasteiger partial charge in [0.2, 0.25) is 0 Å². The summed E-state index contributed by atoms with van der Waals surface area (Å²) in [4.78, 5) is 5.89. The third-order valence-corrected chi connectivity index (χ3v) is 5.19. The minimum absolute atomic E-state index is 0.423. The number of thiazole rings is 1. The van der Waals surface area contributed by atoms with E-state index in [1.54, 1.807) is 0 Å². The molecule has 0 radical (unpaired) electrons. The minimum atomic E-state index is 0.423. The molecule has 0 amide bonds. The van der Waals surface area contributed by atoms with Crippen LogP contribution in [0.15, 0.2) is 0 Å². The maximum atomic E-state index is 5.94. The maximum Gasteiger partial charge on any atom is 0.0900 e. The first kappa shape index (κ1) is 14.0. The predicted molar refractivity (Wildman–Crippen MR) is 77.9 cm³/mol. The van der Waals surface area contributed by atoms with Crippen LogP contribution in [0.3, 0.4) is 0 Å². The molecule has 3 nitrogen and oxygen atoms in total. The molecule has 1 heterocycles. The summed E-state index contributed by atoms with van der Waals surface area (Å²) in [6.45, 7) is 7.55. The van der Waals surface area contributed by atoms with E-state index >= 15 is 0 Å². The molecule has 0 spiro atoms. The van der Waals surface area contributed by atoms with Gasteiger partial charge in [-0.25, -0.2) is 4.98 Å². The topological polar surface area (TPSA) is 50.9 Å². The Hall–Kier alpha value is -0.450. The Morgan fingerprint density at radius 2 is 2.00 bits per heavy atom. The molecule has 0 aromatic carbocycles. The highest BCUT2D eigenvalue weighted by Gasteiger charge is 2.20. The molecule has 1 unspecified atom stereocenters. The number of nitrogens with one attached hydrogen (secondary N) is 1. The lowest BCUT2D eigenvalue weighted by Gasteiger charge is -2.27. The molecule has 1 aliphatic carbocycles. The van der Waals surface area contributed by atoms with Crippen molar-refractivity contribution in [3.8, 4) is 0 Å². The highest BCUT2D eigenvalue weighted by atomic mass is 32.1. The van der Waals surface area contributed by atoms with Gasteiger partial charge in [0.05, 0.1) is 10.7 Å². The molecule has 1 saturated carbocycles. The van der Waals surface area contributed by atoms with E-state index in [1.165, 1.54) is 41.3 Å². The number of nitrogens with zero attached hydrogens (tertiary/aromatic N) is 1. The number of hydrogen-bond donors (Lipinski definition) is 2. The van der Waals surface area contributed by atoms with Gasteiger partial charge in [0.25, 0.3) is 0 Å². The number of aryl methyl sites for hydroxylation is 2. The van der Waals surface area contributed by atoms with E-state index in [2.05, 4.69) is 31.1 Å². The summed E-state index contributed by atoms with van der Waals surface area (Å²) in [6, 6.07) is 0.872. The quantitative estimate of drug-likeness (QED) is 0.882. The second kappa shape index (κ2) is 6.13. The van der Waals surface area contributed by atoms with Crippen molar-refractivity contribution in [2.45, 2.75) is 58.5 Å². The average Bonchev–Trinajstić information content (AvgIpc) is 2.67. The zero-order valence-electron chi connectivity index (χ0n) is 11.7. The van der Waals surface area contributed by atoms with Crippen LogP contribution in [-0.4, -0.2) is 17.6 Å². The lowest BCUT2D eigenvalue weighted by Crippen LogP contribution is -2.32. The highest BCUT2D eigenvalue weighted by Crippen LogP contribution is 2.26. The molecular formula is C14H25N3S. The van der Waals surface area contributed by atoms with Crippen LogP contribution in [0.4, 0.5) is 0 Å². The van der Waals surface area contributed by atoms with Crippen LogP contribution in [0.1, 0.15) is 54.2 Å². The summed E-state index contributed by atoms with van der Waals surface area (Å²) >= 11 is 1.82. The molecule has 1 atom stereocenters. The monoisotopic (exact) mass is 267 g/mol. The Morgan fingerprint density at radius 1 is 1.33 bits per heavy atom. The molecule has 0 saturated heterocycles. The average molecular weight is 267 g/mol. The van der Waals surface area contributed by atoms with Crippen LogP contribution >= 0.6 is 11.3 Å². The predicted octanol–water partition coefficient (Wildman–Crippen LogP) is 2.93. The van der Waals surface area contributed by atoms with Crippen LogP contribution in [-0.2, 0) is 0 Å². The molecule has 2 rings (SSSR count). The van der Waals surface area contributed by atoms with Gasteiger partial charge in [0.1, 0.15) is 0 Å². The second-order valence-corrected chi connectivity index (χ2v) is 6.83. The van der Waals surface area contributed by atoms with Gasteiger partial charge in [0, 0.05) is 17.0 Å². The van der Waals surface area contributed by atoms with Crippen molar-refractivity contribution in [2.75, 3.05) is 6.54 Å². The van der Waals surface area contributed by atoms with Gasteiger partial charge in [-0.15, -0.1) is 11.3 Å². The maximum absolute atomic E-state index is 5.94. The molecule has 1 fully saturated rings. The molecule has 102 valence electrons. The Bertz CT molecular complexity index is 380. The van der Waals surface area contributed by atoms with Crippen LogP contribution in [0, 0.1) is 19.8 Å². The third kappa shape index (κ3) is 3.53. The zero-order valence-corrected chi connectivity index (χ0v) is 12.5. The normalized spacial score (nSPS) is 26.2. The highest BCUT2D eigenvalue weighted by molar-refractivity contribution is 7.11. The van der Waals surface area contributed by atoms with Crippen LogP contribution in [0.5, 0.6) is 0 Å². The molecule has 1 aromatic heterocycles. The van der Waals surface area contributed by atoms with Gasteiger partial charge in [-0.2, -0.15) is 0 Å². The Balaban J connectivity index is 1.81. The summed E-state index contributed by atoms with van der Waals surface area (Å²) in [5, 5.41) is 4.83. The van der Waals surface area contributed by atoms with E-state index < -0.39 is 0 Å². The SMILES string of the molecule is Cc1nc(C)c(C(C)NCC2CCC(N)CC2)s1. The standard InChI is InChI=1S/C14H25N3S/c1-9(14-10(2)17-11(3)18-14)16-8-12-4-6-13(15)7-5-12/h9,12-13,16H,4-8,15H2,1-3H3. The smallest absolute Gasteiger partial charge is 0.0900 e. The fourth-order valence-electron chi connectivity index (χ4n) is 2.78. The summed E-state index contributed by atoms with van der Waals surface area (Å²) in [7, 11) is 0. The summed E-state index contributed by atoms with van der Waals surface area (Å²) < 4.78 is 0. The molecule has 1 aliphatic rings. The summed E-state index contributed by atoms with van der Waals surface area (Å²) in [5.74, 6) is 0.807. The first-order valence-corrected chi connectivity index (χ1v) is 7.80. The van der Waals surface area contributed by atoms with Gasteiger partial charge in [-0.1, -0.05) is 0 Å². The lowest BCUT2D eigenvalue weighted by molar-refractivity contribution is 0.307. The van der Waals surface area contributed by atoms with Crippen molar-refractivity contribution < 1.29 is 0 Å². The first-order valence-electron chi connectivity index (χ1n) is 6.99. The molecular weight excluding hydrogens is 242 g/mol.